The summed E-state index contributed by atoms with van der Waals surface area (Å²) in [7, 11) is -6.65. The molecule has 0 bridgehead atoms. The van der Waals surface area contributed by atoms with Gasteiger partial charge in [-0.1, -0.05) is 93.6 Å². The summed E-state index contributed by atoms with van der Waals surface area (Å²) < 4.78 is 54.4. The van der Waals surface area contributed by atoms with Gasteiger partial charge in [-0.05, 0) is 120 Å². The fraction of sp³-hybridized carbons (Fsp3) is 0.367. The van der Waals surface area contributed by atoms with Crippen molar-refractivity contribution in [2.24, 2.45) is 0 Å². The Kier molecular flexibility index (Phi) is 14.5. The number of nitrogens with zero attached hydrogens (tertiary/aromatic N) is 2. The average Bonchev–Trinajstić information content (AvgIpc) is 3.79. The van der Waals surface area contributed by atoms with Crippen LogP contribution in [-0.2, 0) is 21.2 Å². The van der Waals surface area contributed by atoms with E-state index in [0.717, 1.165) is 42.8 Å². The number of benzene rings is 5. The van der Waals surface area contributed by atoms with Crippen LogP contribution in [-0.4, -0.2) is 94.5 Å². The van der Waals surface area contributed by atoms with Crippen molar-refractivity contribution in [2.45, 2.75) is 81.0 Å². The van der Waals surface area contributed by atoms with Crippen LogP contribution in [0, 0.1) is 5.82 Å². The third-order valence-electron chi connectivity index (χ3n) is 12.0. The standard InChI is InChI=1S/C49H59FN4O6SSi/c1-49(2,3)62(45-11-6-4-7-12-45,46-13-8-5-9-14-46)60-43-24-22-42(23-25-43)59-36-41(55)35-51-31-28-37-16-20-39(21-17-37)52-40-29-33-53(34-30-40)48(56)47-15-10-32-54(47)61(57,58)44-26-18-38(50)19-27-44/h4-9,11-14,16-27,40-41,47,51-52,55H,10,15,28-36H2,1-3H3/t41-,47-/m0/s1. The number of likely N-dealkylation sites (tertiary alicyclic amines) is 1. The number of carbonyl (C=O) groups excluding carboxylic acids is 1. The Balaban J connectivity index is 0.817. The highest BCUT2D eigenvalue weighted by molar-refractivity contribution is 7.89. The molecule has 328 valence electrons. The van der Waals surface area contributed by atoms with Crippen molar-refractivity contribution >= 4 is 40.3 Å². The van der Waals surface area contributed by atoms with Crippen molar-refractivity contribution in [3.8, 4) is 11.5 Å². The van der Waals surface area contributed by atoms with Crippen LogP contribution in [0.2, 0.25) is 5.04 Å². The molecule has 1 amide bonds. The summed E-state index contributed by atoms with van der Waals surface area (Å²) in [4.78, 5) is 15.3. The van der Waals surface area contributed by atoms with Gasteiger partial charge in [0.05, 0.1) is 4.90 Å². The zero-order valence-corrected chi connectivity index (χ0v) is 37.7. The van der Waals surface area contributed by atoms with Gasteiger partial charge < -0.3 is 29.8 Å². The number of aliphatic hydroxyl groups is 1. The lowest BCUT2D eigenvalue weighted by Crippen LogP contribution is -2.68. The molecule has 3 N–H and O–H groups in total. The topological polar surface area (TPSA) is 120 Å². The number of aliphatic hydroxyl groups excluding tert-OH is 1. The van der Waals surface area contributed by atoms with E-state index in [1.54, 1.807) is 4.90 Å². The quantitative estimate of drug-likeness (QED) is 0.0708. The highest BCUT2D eigenvalue weighted by atomic mass is 32.2. The van der Waals surface area contributed by atoms with Gasteiger partial charge in [0.15, 0.2) is 0 Å². The summed E-state index contributed by atoms with van der Waals surface area (Å²) in [6.07, 6.45) is 2.72. The Labute approximate surface area is 367 Å². The van der Waals surface area contributed by atoms with Gasteiger partial charge in [0, 0.05) is 37.9 Å². The first-order chi connectivity index (χ1) is 29.8. The van der Waals surface area contributed by atoms with Crippen molar-refractivity contribution < 1.29 is 31.9 Å². The Hall–Kier alpha value is -5.05. The highest BCUT2D eigenvalue weighted by Crippen LogP contribution is 2.38. The van der Waals surface area contributed by atoms with Gasteiger partial charge in [-0.25, -0.2) is 12.8 Å². The van der Waals surface area contributed by atoms with Crippen LogP contribution in [0.4, 0.5) is 10.1 Å². The molecule has 2 atom stereocenters. The second kappa shape index (κ2) is 20.0. The number of nitrogens with one attached hydrogen (secondary N) is 2. The summed E-state index contributed by atoms with van der Waals surface area (Å²) in [5.41, 5.74) is 2.18. The molecule has 10 nitrogen and oxygen atoms in total. The number of halogens is 1. The molecule has 0 saturated carbocycles. The number of hydrogen-bond acceptors (Lipinski definition) is 8. The van der Waals surface area contributed by atoms with Crippen molar-refractivity contribution in [3.63, 3.8) is 0 Å². The summed E-state index contributed by atoms with van der Waals surface area (Å²) in [6, 6.07) is 41.3. The van der Waals surface area contributed by atoms with Crippen molar-refractivity contribution in [3.05, 3.63) is 145 Å². The minimum Gasteiger partial charge on any atom is -0.534 e. The third kappa shape index (κ3) is 10.6. The fourth-order valence-electron chi connectivity index (χ4n) is 8.66. The van der Waals surface area contributed by atoms with Gasteiger partial charge >= 0.3 is 8.32 Å². The SMILES string of the molecule is CC(C)(C)[Si](Oc1ccc(OC[C@@H](O)CNCCc2ccc(NC3CCN(C(=O)[C@@H]4CCCN4S(=O)(=O)c4ccc(F)cc4)CC3)cc2)cc1)(c1ccccc1)c1ccccc1. The molecule has 5 aromatic rings. The zero-order chi connectivity index (χ0) is 43.7. The predicted octanol–water partition coefficient (Wildman–Crippen LogP) is 6.59. The monoisotopic (exact) mass is 878 g/mol. The van der Waals surface area contributed by atoms with Gasteiger partial charge in [0.2, 0.25) is 15.9 Å². The van der Waals surface area contributed by atoms with Gasteiger partial charge in [0.25, 0.3) is 0 Å². The van der Waals surface area contributed by atoms with Crippen LogP contribution in [0.3, 0.4) is 0 Å². The molecule has 2 aliphatic heterocycles. The highest BCUT2D eigenvalue weighted by Gasteiger charge is 2.52. The second-order valence-electron chi connectivity index (χ2n) is 17.3. The zero-order valence-electron chi connectivity index (χ0n) is 35.9. The van der Waals surface area contributed by atoms with Crippen LogP contribution < -0.4 is 30.2 Å². The van der Waals surface area contributed by atoms with Crippen molar-refractivity contribution in [2.75, 3.05) is 44.6 Å². The minimum absolute atomic E-state index is 0.00142. The lowest BCUT2D eigenvalue weighted by Gasteiger charge is -2.43. The summed E-state index contributed by atoms with van der Waals surface area (Å²) in [5, 5.41) is 19.9. The molecular weight excluding hydrogens is 820 g/mol. The molecule has 2 aliphatic rings. The maximum absolute atomic E-state index is 13.5. The Morgan fingerprint density at radius 2 is 1.40 bits per heavy atom. The second-order valence-corrected chi connectivity index (χ2v) is 23.4. The number of carbonyl (C=O) groups is 1. The molecular formula is C49H59FN4O6SSi. The number of amides is 1. The number of anilines is 1. The molecule has 0 unspecified atom stereocenters. The van der Waals surface area contributed by atoms with E-state index in [1.165, 1.54) is 32.4 Å². The number of rotatable bonds is 17. The van der Waals surface area contributed by atoms with E-state index in [4.69, 9.17) is 9.16 Å². The predicted molar refractivity (Wildman–Crippen MR) is 246 cm³/mol. The molecule has 5 aromatic carbocycles. The van der Waals surface area contributed by atoms with Crippen LogP contribution in [0.25, 0.3) is 0 Å². The van der Waals surface area contributed by atoms with E-state index < -0.39 is 36.3 Å². The maximum atomic E-state index is 13.5. The fourth-order valence-corrected chi connectivity index (χ4v) is 14.7. The Morgan fingerprint density at radius 3 is 2.00 bits per heavy atom. The van der Waals surface area contributed by atoms with E-state index >= 15 is 0 Å². The molecule has 0 aromatic heterocycles. The largest absolute Gasteiger partial charge is 0.534 e. The van der Waals surface area contributed by atoms with Gasteiger partial charge in [0.1, 0.15) is 36.1 Å². The molecule has 62 heavy (non-hydrogen) atoms. The summed E-state index contributed by atoms with van der Waals surface area (Å²) >= 11 is 0. The van der Waals surface area contributed by atoms with Crippen LogP contribution in [0.1, 0.15) is 52.0 Å². The van der Waals surface area contributed by atoms with Gasteiger partial charge in [-0.3, -0.25) is 4.79 Å². The molecule has 0 spiro atoms. The third-order valence-corrected chi connectivity index (χ3v) is 18.8. The number of piperidine rings is 1. The normalized spacial score (nSPS) is 17.1. The molecule has 0 radical (unpaired) electrons. The lowest BCUT2D eigenvalue weighted by molar-refractivity contribution is -0.135. The van der Waals surface area contributed by atoms with Crippen molar-refractivity contribution in [1.82, 2.24) is 14.5 Å². The van der Waals surface area contributed by atoms with Gasteiger partial charge in [-0.2, -0.15) is 4.31 Å². The smallest absolute Gasteiger partial charge is 0.319 e. The number of ether oxygens (including phenoxy) is 1. The van der Waals surface area contributed by atoms with Crippen LogP contribution in [0.15, 0.2) is 138 Å². The van der Waals surface area contributed by atoms with Crippen LogP contribution >= 0.6 is 0 Å². The van der Waals surface area contributed by atoms with E-state index in [2.05, 4.69) is 104 Å². The van der Waals surface area contributed by atoms with E-state index in [1.807, 2.05) is 36.4 Å². The molecule has 2 fully saturated rings. The molecule has 2 heterocycles. The first-order valence-corrected chi connectivity index (χ1v) is 25.0. The first kappa shape index (κ1) is 45.0. The van der Waals surface area contributed by atoms with Crippen LogP contribution in [0.5, 0.6) is 11.5 Å². The molecule has 2 saturated heterocycles. The average molecular weight is 879 g/mol. The summed E-state index contributed by atoms with van der Waals surface area (Å²) in [6.45, 7) is 9.40. The summed E-state index contributed by atoms with van der Waals surface area (Å²) in [5.74, 6) is 0.780. The number of hydrogen-bond donors (Lipinski definition) is 3. The Morgan fingerprint density at radius 1 is 0.806 bits per heavy atom. The van der Waals surface area contributed by atoms with E-state index in [9.17, 15) is 22.7 Å². The first-order valence-electron chi connectivity index (χ1n) is 21.7. The van der Waals surface area contributed by atoms with E-state index in [0.29, 0.717) is 44.8 Å². The lowest BCUT2D eigenvalue weighted by atomic mass is 10.0. The van der Waals surface area contributed by atoms with Crippen molar-refractivity contribution in [1.29, 1.82) is 0 Å². The molecule has 0 aliphatic carbocycles. The Bertz CT molecular complexity index is 2270. The minimum atomic E-state index is -3.90. The number of sulfonamides is 1. The van der Waals surface area contributed by atoms with Gasteiger partial charge in [-0.15, -0.1) is 0 Å². The molecule has 13 heteroatoms. The maximum Gasteiger partial charge on any atom is 0.319 e. The van der Waals surface area contributed by atoms with E-state index in [-0.39, 0.29) is 35.0 Å². The molecule has 7 rings (SSSR count).